The van der Waals surface area contributed by atoms with Gasteiger partial charge in [0.1, 0.15) is 5.75 Å². The molecular formula is C19H24N2O2. The molecule has 2 aromatic rings. The van der Waals surface area contributed by atoms with Crippen molar-refractivity contribution in [1.82, 2.24) is 10.3 Å². The molecule has 0 spiro atoms. The fourth-order valence-corrected chi connectivity index (χ4v) is 2.13. The van der Waals surface area contributed by atoms with Gasteiger partial charge in [-0.15, -0.1) is 0 Å². The Morgan fingerprint density at radius 1 is 1.09 bits per heavy atom. The van der Waals surface area contributed by atoms with Crippen molar-refractivity contribution in [2.45, 2.75) is 33.2 Å². The Hall–Kier alpha value is -2.36. The summed E-state index contributed by atoms with van der Waals surface area (Å²) in [6.07, 6.45) is 4.47. The number of aromatic nitrogens is 1. The zero-order valence-corrected chi connectivity index (χ0v) is 14.0. The van der Waals surface area contributed by atoms with Gasteiger partial charge in [0.15, 0.2) is 0 Å². The lowest BCUT2D eigenvalue weighted by atomic mass is 10.1. The van der Waals surface area contributed by atoms with Crippen LogP contribution in [-0.4, -0.2) is 17.5 Å². The molecule has 122 valence electrons. The van der Waals surface area contributed by atoms with E-state index in [-0.39, 0.29) is 11.9 Å². The third-order valence-corrected chi connectivity index (χ3v) is 3.63. The highest BCUT2D eigenvalue weighted by atomic mass is 16.5. The Kier molecular flexibility index (Phi) is 6.15. The minimum atomic E-state index is -0.0944. The van der Waals surface area contributed by atoms with Gasteiger partial charge in [-0.3, -0.25) is 9.78 Å². The summed E-state index contributed by atoms with van der Waals surface area (Å²) in [6, 6.07) is 11.0. The first-order chi connectivity index (χ1) is 11.1. The summed E-state index contributed by atoms with van der Waals surface area (Å²) in [7, 11) is 0. The Balaban J connectivity index is 1.90. The van der Waals surface area contributed by atoms with Gasteiger partial charge in [0.25, 0.3) is 5.91 Å². The quantitative estimate of drug-likeness (QED) is 0.841. The van der Waals surface area contributed by atoms with Gasteiger partial charge in [0.2, 0.25) is 0 Å². The monoisotopic (exact) mass is 312 g/mol. The average Bonchev–Trinajstić information content (AvgIpc) is 2.56. The molecule has 0 saturated carbocycles. The maximum atomic E-state index is 12.3. The number of ether oxygens (including phenoxy) is 1. The fraction of sp³-hybridized carbons (Fsp3) is 0.368. The van der Waals surface area contributed by atoms with Crippen molar-refractivity contribution in [3.63, 3.8) is 0 Å². The standard InChI is InChI=1S/C19H24N2O2/c1-14(2)10-13-23-18-6-4-17(5-7-18)19(22)21-15(3)16-8-11-20-12-9-16/h4-9,11-12,14-15H,10,13H2,1-3H3,(H,21,22). The summed E-state index contributed by atoms with van der Waals surface area (Å²) in [6.45, 7) is 6.99. The molecule has 23 heavy (non-hydrogen) atoms. The van der Waals surface area contributed by atoms with E-state index < -0.39 is 0 Å². The number of benzene rings is 1. The minimum Gasteiger partial charge on any atom is -0.494 e. The molecule has 0 radical (unpaired) electrons. The first-order valence-corrected chi connectivity index (χ1v) is 8.00. The van der Waals surface area contributed by atoms with Gasteiger partial charge in [-0.05, 0) is 61.2 Å². The van der Waals surface area contributed by atoms with Crippen molar-refractivity contribution in [2.75, 3.05) is 6.61 Å². The number of amides is 1. The topological polar surface area (TPSA) is 51.2 Å². The molecule has 1 atom stereocenters. The molecule has 1 heterocycles. The molecule has 1 aromatic carbocycles. The van der Waals surface area contributed by atoms with E-state index in [1.165, 1.54) is 0 Å². The maximum Gasteiger partial charge on any atom is 0.251 e. The summed E-state index contributed by atoms with van der Waals surface area (Å²) in [4.78, 5) is 16.3. The molecule has 0 saturated heterocycles. The van der Waals surface area contributed by atoms with Crippen molar-refractivity contribution in [2.24, 2.45) is 5.92 Å². The van der Waals surface area contributed by atoms with Crippen LogP contribution in [0.5, 0.6) is 5.75 Å². The number of pyridine rings is 1. The van der Waals surface area contributed by atoms with Gasteiger partial charge in [-0.1, -0.05) is 13.8 Å². The smallest absolute Gasteiger partial charge is 0.251 e. The molecule has 0 aliphatic heterocycles. The predicted octanol–water partition coefficient (Wildman–Crippen LogP) is 4.00. The highest BCUT2D eigenvalue weighted by molar-refractivity contribution is 5.94. The lowest BCUT2D eigenvalue weighted by Crippen LogP contribution is -2.26. The van der Waals surface area contributed by atoms with Crippen molar-refractivity contribution in [3.8, 4) is 5.75 Å². The Morgan fingerprint density at radius 3 is 2.35 bits per heavy atom. The third-order valence-electron chi connectivity index (χ3n) is 3.63. The number of nitrogens with one attached hydrogen (secondary N) is 1. The number of carbonyl (C=O) groups is 1. The lowest BCUT2D eigenvalue weighted by Gasteiger charge is -2.14. The van der Waals surface area contributed by atoms with Crippen molar-refractivity contribution >= 4 is 5.91 Å². The highest BCUT2D eigenvalue weighted by Gasteiger charge is 2.11. The average molecular weight is 312 g/mol. The van der Waals surface area contributed by atoms with Crippen LogP contribution < -0.4 is 10.1 Å². The van der Waals surface area contributed by atoms with Crippen LogP contribution in [0.15, 0.2) is 48.8 Å². The van der Waals surface area contributed by atoms with Gasteiger partial charge < -0.3 is 10.1 Å². The summed E-state index contributed by atoms with van der Waals surface area (Å²) in [5, 5.41) is 2.98. The van der Waals surface area contributed by atoms with Crippen LogP contribution in [0.25, 0.3) is 0 Å². The van der Waals surface area contributed by atoms with Crippen LogP contribution in [0.3, 0.4) is 0 Å². The molecule has 0 bridgehead atoms. The molecule has 1 N–H and O–H groups in total. The fourth-order valence-electron chi connectivity index (χ4n) is 2.13. The molecule has 0 aliphatic carbocycles. The number of hydrogen-bond acceptors (Lipinski definition) is 3. The second kappa shape index (κ2) is 8.32. The first kappa shape index (κ1) is 17.0. The van der Waals surface area contributed by atoms with E-state index in [9.17, 15) is 4.79 Å². The molecule has 1 aromatic heterocycles. The third kappa shape index (κ3) is 5.40. The summed E-state index contributed by atoms with van der Waals surface area (Å²) in [5.41, 5.74) is 1.66. The molecular weight excluding hydrogens is 288 g/mol. The molecule has 2 rings (SSSR count). The van der Waals surface area contributed by atoms with E-state index in [0.717, 1.165) is 17.7 Å². The van der Waals surface area contributed by atoms with Crippen molar-refractivity contribution < 1.29 is 9.53 Å². The minimum absolute atomic E-state index is 0.0625. The van der Waals surface area contributed by atoms with E-state index in [2.05, 4.69) is 24.1 Å². The molecule has 4 nitrogen and oxygen atoms in total. The molecule has 4 heteroatoms. The van der Waals surface area contributed by atoms with Gasteiger partial charge in [0, 0.05) is 18.0 Å². The summed E-state index contributed by atoms with van der Waals surface area (Å²) >= 11 is 0. The van der Waals surface area contributed by atoms with Crippen LogP contribution in [0, 0.1) is 5.92 Å². The number of hydrogen-bond donors (Lipinski definition) is 1. The van der Waals surface area contributed by atoms with E-state index in [1.807, 2.05) is 31.2 Å². The second-order valence-corrected chi connectivity index (χ2v) is 6.03. The zero-order chi connectivity index (χ0) is 16.7. The van der Waals surface area contributed by atoms with Gasteiger partial charge >= 0.3 is 0 Å². The lowest BCUT2D eigenvalue weighted by molar-refractivity contribution is 0.0940. The van der Waals surface area contributed by atoms with Gasteiger partial charge in [-0.25, -0.2) is 0 Å². The molecule has 0 fully saturated rings. The molecule has 0 aliphatic rings. The Morgan fingerprint density at radius 2 is 1.74 bits per heavy atom. The van der Waals surface area contributed by atoms with E-state index in [0.29, 0.717) is 18.1 Å². The van der Waals surface area contributed by atoms with Crippen LogP contribution in [0.4, 0.5) is 0 Å². The predicted molar refractivity (Wildman–Crippen MR) is 91.5 cm³/mol. The van der Waals surface area contributed by atoms with E-state index in [1.54, 1.807) is 24.5 Å². The Bertz CT molecular complexity index is 609. The van der Waals surface area contributed by atoms with Crippen molar-refractivity contribution in [1.29, 1.82) is 0 Å². The number of rotatable bonds is 7. The van der Waals surface area contributed by atoms with Gasteiger partial charge in [0.05, 0.1) is 12.6 Å². The maximum absolute atomic E-state index is 12.3. The van der Waals surface area contributed by atoms with Gasteiger partial charge in [-0.2, -0.15) is 0 Å². The zero-order valence-electron chi connectivity index (χ0n) is 14.0. The summed E-state index contributed by atoms with van der Waals surface area (Å²) in [5.74, 6) is 1.32. The SMILES string of the molecule is CC(C)CCOc1ccc(C(=O)NC(C)c2ccncc2)cc1. The number of carbonyl (C=O) groups excluding carboxylic acids is 1. The highest BCUT2D eigenvalue weighted by Crippen LogP contribution is 2.15. The van der Waals surface area contributed by atoms with Crippen LogP contribution in [0.1, 0.15) is 49.2 Å². The molecule has 1 unspecified atom stereocenters. The summed E-state index contributed by atoms with van der Waals surface area (Å²) < 4.78 is 5.66. The van der Waals surface area contributed by atoms with E-state index in [4.69, 9.17) is 4.74 Å². The normalized spacial score (nSPS) is 12.0. The number of nitrogens with zero attached hydrogens (tertiary/aromatic N) is 1. The second-order valence-electron chi connectivity index (χ2n) is 6.03. The largest absolute Gasteiger partial charge is 0.494 e. The Labute approximate surface area is 137 Å². The van der Waals surface area contributed by atoms with E-state index >= 15 is 0 Å². The first-order valence-electron chi connectivity index (χ1n) is 8.00. The van der Waals surface area contributed by atoms with Crippen LogP contribution in [0.2, 0.25) is 0 Å². The van der Waals surface area contributed by atoms with Crippen LogP contribution >= 0.6 is 0 Å². The van der Waals surface area contributed by atoms with Crippen molar-refractivity contribution in [3.05, 3.63) is 59.9 Å². The van der Waals surface area contributed by atoms with Crippen LogP contribution in [-0.2, 0) is 0 Å². The molecule has 1 amide bonds.